The summed E-state index contributed by atoms with van der Waals surface area (Å²) in [4.78, 5) is 0. The molecule has 0 radical (unpaired) electrons. The standard InChI is InChI=1S/C9H10ClF5N2O/c10-6-3-17(4-8(11)12)16-7(6)5-18-2-1-9(13,14)15/h3,8H,1-2,4-5H2. The van der Waals surface area contributed by atoms with E-state index in [1.165, 1.54) is 6.20 Å². The molecule has 104 valence electrons. The van der Waals surface area contributed by atoms with Crippen molar-refractivity contribution in [2.24, 2.45) is 0 Å². The summed E-state index contributed by atoms with van der Waals surface area (Å²) in [7, 11) is 0. The molecule has 0 aromatic carbocycles. The van der Waals surface area contributed by atoms with Crippen molar-refractivity contribution in [2.45, 2.75) is 32.2 Å². The molecule has 0 spiro atoms. The molecule has 0 bridgehead atoms. The van der Waals surface area contributed by atoms with Gasteiger partial charge in [0.15, 0.2) is 0 Å². The van der Waals surface area contributed by atoms with E-state index < -0.39 is 32.2 Å². The molecule has 0 N–H and O–H groups in total. The van der Waals surface area contributed by atoms with Gasteiger partial charge in [-0.15, -0.1) is 0 Å². The molecule has 0 fully saturated rings. The molecule has 0 unspecified atom stereocenters. The summed E-state index contributed by atoms with van der Waals surface area (Å²) < 4.78 is 65.1. The van der Waals surface area contributed by atoms with Crippen molar-refractivity contribution in [3.8, 4) is 0 Å². The minimum absolute atomic E-state index is 0.0858. The molecule has 0 saturated carbocycles. The van der Waals surface area contributed by atoms with Crippen molar-refractivity contribution in [1.82, 2.24) is 9.78 Å². The van der Waals surface area contributed by atoms with Gasteiger partial charge < -0.3 is 4.74 Å². The Morgan fingerprint density at radius 3 is 2.61 bits per heavy atom. The predicted molar refractivity (Wildman–Crippen MR) is 53.6 cm³/mol. The number of halogens is 6. The maximum atomic E-state index is 12.0. The molecular formula is C9H10ClF5N2O. The minimum atomic E-state index is -4.29. The fourth-order valence-corrected chi connectivity index (χ4v) is 1.33. The van der Waals surface area contributed by atoms with E-state index in [-0.39, 0.29) is 17.3 Å². The summed E-state index contributed by atoms with van der Waals surface area (Å²) >= 11 is 5.67. The van der Waals surface area contributed by atoms with E-state index in [4.69, 9.17) is 16.3 Å². The van der Waals surface area contributed by atoms with Crippen LogP contribution in [0.3, 0.4) is 0 Å². The Morgan fingerprint density at radius 2 is 2.06 bits per heavy atom. The Labute approximate surface area is 104 Å². The van der Waals surface area contributed by atoms with Gasteiger partial charge in [-0.3, -0.25) is 4.68 Å². The molecule has 0 aliphatic heterocycles. The molecule has 0 amide bonds. The highest BCUT2D eigenvalue weighted by atomic mass is 35.5. The summed E-state index contributed by atoms with van der Waals surface area (Å²) in [5.74, 6) is 0. The van der Waals surface area contributed by atoms with Crippen molar-refractivity contribution >= 4 is 11.6 Å². The summed E-state index contributed by atoms with van der Waals surface area (Å²) in [6, 6.07) is 0. The van der Waals surface area contributed by atoms with Crippen molar-refractivity contribution in [3.63, 3.8) is 0 Å². The second kappa shape index (κ2) is 6.33. The Kier molecular flexibility index (Phi) is 5.33. The summed E-state index contributed by atoms with van der Waals surface area (Å²) in [6.45, 7) is -1.39. The van der Waals surface area contributed by atoms with Crippen molar-refractivity contribution < 1.29 is 26.7 Å². The summed E-state index contributed by atoms with van der Waals surface area (Å²) in [5, 5.41) is 3.77. The lowest BCUT2D eigenvalue weighted by Gasteiger charge is -2.06. The predicted octanol–water partition coefficient (Wildman–Crippen LogP) is 3.27. The number of nitrogens with zero attached hydrogens (tertiary/aromatic N) is 2. The summed E-state index contributed by atoms with van der Waals surface area (Å²) in [6.07, 6.45) is -6.78. The number of rotatable bonds is 6. The maximum Gasteiger partial charge on any atom is 0.391 e. The Bertz CT molecular complexity index is 380. The number of ether oxygens (including phenoxy) is 1. The average Bonchev–Trinajstić information content (AvgIpc) is 2.51. The number of aromatic nitrogens is 2. The number of alkyl halides is 5. The third kappa shape index (κ3) is 5.63. The van der Waals surface area contributed by atoms with E-state index >= 15 is 0 Å². The molecule has 0 saturated heterocycles. The van der Waals surface area contributed by atoms with Crippen molar-refractivity contribution in [1.29, 1.82) is 0 Å². The highest BCUT2D eigenvalue weighted by Crippen LogP contribution is 2.20. The monoisotopic (exact) mass is 292 g/mol. The van der Waals surface area contributed by atoms with Crippen LogP contribution < -0.4 is 0 Å². The van der Waals surface area contributed by atoms with Crippen molar-refractivity contribution in [3.05, 3.63) is 16.9 Å². The first-order valence-electron chi connectivity index (χ1n) is 4.92. The highest BCUT2D eigenvalue weighted by molar-refractivity contribution is 6.31. The lowest BCUT2D eigenvalue weighted by atomic mass is 10.4. The molecule has 1 heterocycles. The third-order valence-corrected chi connectivity index (χ3v) is 2.20. The van der Waals surface area contributed by atoms with Gasteiger partial charge in [0.2, 0.25) is 0 Å². The number of hydrogen-bond donors (Lipinski definition) is 0. The molecular weight excluding hydrogens is 283 g/mol. The second-order valence-corrected chi connectivity index (χ2v) is 3.86. The first-order chi connectivity index (χ1) is 8.28. The van der Waals surface area contributed by atoms with Gasteiger partial charge >= 0.3 is 6.18 Å². The molecule has 1 aromatic heterocycles. The van der Waals surface area contributed by atoms with Gasteiger partial charge in [-0.25, -0.2) is 8.78 Å². The van der Waals surface area contributed by atoms with Crippen LogP contribution in [0.4, 0.5) is 22.0 Å². The fourth-order valence-electron chi connectivity index (χ4n) is 1.13. The molecule has 1 rings (SSSR count). The lowest BCUT2D eigenvalue weighted by molar-refractivity contribution is -0.146. The average molecular weight is 293 g/mol. The molecule has 3 nitrogen and oxygen atoms in total. The van der Waals surface area contributed by atoms with Crippen LogP contribution in [0.5, 0.6) is 0 Å². The maximum absolute atomic E-state index is 12.0. The van der Waals surface area contributed by atoms with Crippen LogP contribution in [0.25, 0.3) is 0 Å². The Morgan fingerprint density at radius 1 is 1.39 bits per heavy atom. The number of hydrogen-bond acceptors (Lipinski definition) is 2. The van der Waals surface area contributed by atoms with E-state index in [2.05, 4.69) is 5.10 Å². The van der Waals surface area contributed by atoms with Gasteiger partial charge in [-0.1, -0.05) is 11.6 Å². The molecule has 0 aliphatic carbocycles. The van der Waals surface area contributed by atoms with Crippen LogP contribution in [0, 0.1) is 0 Å². The molecule has 0 atom stereocenters. The Hall–Kier alpha value is -0.890. The van der Waals surface area contributed by atoms with Crippen LogP contribution in [0.1, 0.15) is 12.1 Å². The first-order valence-corrected chi connectivity index (χ1v) is 5.30. The van der Waals surface area contributed by atoms with Crippen LogP contribution >= 0.6 is 11.6 Å². The smallest absolute Gasteiger partial charge is 0.375 e. The van der Waals surface area contributed by atoms with E-state index in [1.807, 2.05) is 0 Å². The zero-order valence-electron chi connectivity index (χ0n) is 9.05. The van der Waals surface area contributed by atoms with Gasteiger partial charge in [-0.05, 0) is 0 Å². The van der Waals surface area contributed by atoms with Gasteiger partial charge in [0, 0.05) is 6.20 Å². The van der Waals surface area contributed by atoms with Crippen LogP contribution in [0.2, 0.25) is 5.02 Å². The Balaban J connectivity index is 2.40. The molecule has 18 heavy (non-hydrogen) atoms. The third-order valence-electron chi connectivity index (χ3n) is 1.88. The zero-order valence-corrected chi connectivity index (χ0v) is 9.81. The zero-order chi connectivity index (χ0) is 13.8. The van der Waals surface area contributed by atoms with Crippen molar-refractivity contribution in [2.75, 3.05) is 6.61 Å². The minimum Gasteiger partial charge on any atom is -0.375 e. The summed E-state index contributed by atoms with van der Waals surface area (Å²) in [5.41, 5.74) is 0.138. The largest absolute Gasteiger partial charge is 0.391 e. The first kappa shape index (κ1) is 15.2. The molecule has 1 aromatic rings. The fraction of sp³-hybridized carbons (Fsp3) is 0.667. The molecule has 0 aliphatic rings. The van der Waals surface area contributed by atoms with Gasteiger partial charge in [0.25, 0.3) is 6.43 Å². The van der Waals surface area contributed by atoms with E-state index in [0.717, 1.165) is 4.68 Å². The normalized spacial score (nSPS) is 12.4. The van der Waals surface area contributed by atoms with E-state index in [9.17, 15) is 22.0 Å². The van der Waals surface area contributed by atoms with Crippen LogP contribution in [-0.2, 0) is 17.9 Å². The van der Waals surface area contributed by atoms with Gasteiger partial charge in [0.1, 0.15) is 12.2 Å². The quantitative estimate of drug-likeness (QED) is 0.594. The lowest BCUT2D eigenvalue weighted by Crippen LogP contribution is -2.12. The van der Waals surface area contributed by atoms with Gasteiger partial charge in [-0.2, -0.15) is 18.3 Å². The van der Waals surface area contributed by atoms with Gasteiger partial charge in [0.05, 0.1) is 24.7 Å². The SMILES string of the molecule is FC(F)Cn1cc(Cl)c(COCCC(F)(F)F)n1. The highest BCUT2D eigenvalue weighted by Gasteiger charge is 2.26. The van der Waals surface area contributed by atoms with E-state index in [1.54, 1.807) is 0 Å². The van der Waals surface area contributed by atoms with E-state index in [0.29, 0.717) is 0 Å². The second-order valence-electron chi connectivity index (χ2n) is 3.45. The molecule has 9 heteroatoms. The topological polar surface area (TPSA) is 27.1 Å². The van der Waals surface area contributed by atoms with Crippen LogP contribution in [-0.4, -0.2) is 29.0 Å². The van der Waals surface area contributed by atoms with Crippen LogP contribution in [0.15, 0.2) is 6.20 Å².